The SMILES string of the molecule is Br.Nc1cccc2c(=O)[nH]c(-c3cccc(C(F)(F)F)c3)cc12. The van der Waals surface area contributed by atoms with Gasteiger partial charge in [0.2, 0.25) is 0 Å². The summed E-state index contributed by atoms with van der Waals surface area (Å²) in [6.07, 6.45) is -4.44. The number of nitrogens with one attached hydrogen (secondary N) is 1. The van der Waals surface area contributed by atoms with Crippen LogP contribution < -0.4 is 11.3 Å². The van der Waals surface area contributed by atoms with Crippen LogP contribution in [0.15, 0.2) is 53.3 Å². The lowest BCUT2D eigenvalue weighted by atomic mass is 10.0. The van der Waals surface area contributed by atoms with Gasteiger partial charge in [-0.15, -0.1) is 17.0 Å². The fourth-order valence-corrected chi connectivity index (χ4v) is 2.33. The fourth-order valence-electron chi connectivity index (χ4n) is 2.33. The van der Waals surface area contributed by atoms with E-state index in [2.05, 4.69) is 4.98 Å². The average Bonchev–Trinajstić information content (AvgIpc) is 2.47. The topological polar surface area (TPSA) is 58.9 Å². The van der Waals surface area contributed by atoms with Crippen LogP contribution in [0.2, 0.25) is 0 Å². The Hall–Kier alpha value is -2.28. The summed E-state index contributed by atoms with van der Waals surface area (Å²) in [4.78, 5) is 14.7. The number of hydrogen-bond acceptors (Lipinski definition) is 2. The Kier molecular flexibility index (Phi) is 4.51. The number of halogens is 4. The highest BCUT2D eigenvalue weighted by molar-refractivity contribution is 8.93. The van der Waals surface area contributed by atoms with Gasteiger partial charge in [-0.1, -0.05) is 18.2 Å². The highest BCUT2D eigenvalue weighted by Crippen LogP contribution is 2.32. The molecule has 0 unspecified atom stereocenters. The van der Waals surface area contributed by atoms with Crippen molar-refractivity contribution in [3.8, 4) is 11.3 Å². The molecule has 120 valence electrons. The predicted molar refractivity (Wildman–Crippen MR) is 89.7 cm³/mol. The van der Waals surface area contributed by atoms with Crippen molar-refractivity contribution < 1.29 is 13.2 Å². The van der Waals surface area contributed by atoms with Gasteiger partial charge < -0.3 is 10.7 Å². The number of aromatic nitrogens is 1. The molecule has 1 aromatic heterocycles. The summed E-state index contributed by atoms with van der Waals surface area (Å²) >= 11 is 0. The number of nitrogens with two attached hydrogens (primary N) is 1. The van der Waals surface area contributed by atoms with Crippen molar-refractivity contribution in [3.63, 3.8) is 0 Å². The second-order valence-corrected chi connectivity index (χ2v) is 4.90. The molecule has 1 heterocycles. The van der Waals surface area contributed by atoms with Crippen molar-refractivity contribution in [2.45, 2.75) is 6.18 Å². The Morgan fingerprint density at radius 1 is 0.957 bits per heavy atom. The molecule has 0 bridgehead atoms. The van der Waals surface area contributed by atoms with Crippen LogP contribution >= 0.6 is 17.0 Å². The summed E-state index contributed by atoms with van der Waals surface area (Å²) in [5.74, 6) is 0. The quantitative estimate of drug-likeness (QED) is 0.611. The first-order chi connectivity index (χ1) is 10.4. The average molecular weight is 385 g/mol. The number of fused-ring (bicyclic) bond motifs is 1. The number of rotatable bonds is 1. The number of hydrogen-bond donors (Lipinski definition) is 2. The fraction of sp³-hybridized carbons (Fsp3) is 0.0625. The number of H-pyrrole nitrogens is 1. The largest absolute Gasteiger partial charge is 0.416 e. The van der Waals surface area contributed by atoms with Crippen LogP contribution in [-0.4, -0.2) is 4.98 Å². The van der Waals surface area contributed by atoms with Crippen molar-refractivity contribution in [1.82, 2.24) is 4.98 Å². The molecular formula is C16H12BrF3N2O. The zero-order chi connectivity index (χ0) is 15.9. The van der Waals surface area contributed by atoms with Gasteiger partial charge in [-0.05, 0) is 35.9 Å². The van der Waals surface area contributed by atoms with Gasteiger partial charge in [0.1, 0.15) is 0 Å². The molecular weight excluding hydrogens is 373 g/mol. The first-order valence-corrected chi connectivity index (χ1v) is 6.45. The van der Waals surface area contributed by atoms with Gasteiger partial charge in [-0.3, -0.25) is 4.79 Å². The molecule has 3 N–H and O–H groups in total. The van der Waals surface area contributed by atoms with Crippen LogP contribution in [0.5, 0.6) is 0 Å². The second kappa shape index (κ2) is 6.08. The maximum atomic E-state index is 12.8. The van der Waals surface area contributed by atoms with Crippen LogP contribution in [0.25, 0.3) is 22.0 Å². The molecule has 0 aliphatic heterocycles. The van der Waals surface area contributed by atoms with E-state index in [0.717, 1.165) is 12.1 Å². The van der Waals surface area contributed by atoms with E-state index >= 15 is 0 Å². The molecule has 7 heteroatoms. The molecule has 0 saturated carbocycles. The van der Waals surface area contributed by atoms with Gasteiger partial charge in [-0.25, -0.2) is 0 Å². The van der Waals surface area contributed by atoms with E-state index in [-0.39, 0.29) is 22.5 Å². The normalized spacial score (nSPS) is 11.3. The molecule has 3 rings (SSSR count). The van der Waals surface area contributed by atoms with Crippen molar-refractivity contribution in [2.75, 3.05) is 5.73 Å². The summed E-state index contributed by atoms with van der Waals surface area (Å²) in [6.45, 7) is 0. The summed E-state index contributed by atoms with van der Waals surface area (Å²) in [5, 5.41) is 0.911. The van der Waals surface area contributed by atoms with Crippen LogP contribution in [0.4, 0.5) is 18.9 Å². The van der Waals surface area contributed by atoms with Gasteiger partial charge in [0.05, 0.1) is 5.56 Å². The smallest absolute Gasteiger partial charge is 0.398 e. The third-order valence-electron chi connectivity index (χ3n) is 3.42. The zero-order valence-electron chi connectivity index (χ0n) is 11.6. The first-order valence-electron chi connectivity index (χ1n) is 6.45. The van der Waals surface area contributed by atoms with E-state index in [0.29, 0.717) is 22.2 Å². The van der Waals surface area contributed by atoms with E-state index in [1.54, 1.807) is 24.3 Å². The van der Waals surface area contributed by atoms with Crippen LogP contribution in [-0.2, 0) is 6.18 Å². The lowest BCUT2D eigenvalue weighted by molar-refractivity contribution is -0.137. The molecule has 23 heavy (non-hydrogen) atoms. The van der Waals surface area contributed by atoms with Gasteiger partial charge >= 0.3 is 6.18 Å². The summed E-state index contributed by atoms with van der Waals surface area (Å²) in [6, 6.07) is 11.3. The van der Waals surface area contributed by atoms with E-state index in [1.807, 2.05) is 0 Å². The third kappa shape index (κ3) is 3.24. The van der Waals surface area contributed by atoms with Crippen LogP contribution in [0.3, 0.4) is 0 Å². The number of pyridine rings is 1. The van der Waals surface area contributed by atoms with E-state index < -0.39 is 17.3 Å². The van der Waals surface area contributed by atoms with Crippen LogP contribution in [0.1, 0.15) is 5.56 Å². The van der Waals surface area contributed by atoms with Gasteiger partial charge in [0, 0.05) is 22.2 Å². The molecule has 3 nitrogen and oxygen atoms in total. The Morgan fingerprint density at radius 3 is 2.35 bits per heavy atom. The number of nitrogen functional groups attached to an aromatic ring is 1. The maximum absolute atomic E-state index is 12.8. The molecule has 0 atom stereocenters. The summed E-state index contributed by atoms with van der Waals surface area (Å²) < 4.78 is 38.4. The molecule has 2 aromatic carbocycles. The Balaban J connectivity index is 0.00000192. The van der Waals surface area contributed by atoms with Gasteiger partial charge in [0.15, 0.2) is 0 Å². The standard InChI is InChI=1S/C16H11F3N2O.BrH/c17-16(18,19)10-4-1-3-9(7-10)14-8-12-11(15(22)21-14)5-2-6-13(12)20;/h1-8H,20H2,(H,21,22);1H. The second-order valence-electron chi connectivity index (χ2n) is 4.90. The summed E-state index contributed by atoms with van der Waals surface area (Å²) in [7, 11) is 0. The van der Waals surface area contributed by atoms with E-state index in [1.165, 1.54) is 12.1 Å². The minimum absolute atomic E-state index is 0. The number of alkyl halides is 3. The number of aromatic amines is 1. The molecule has 3 aromatic rings. The molecule has 0 aliphatic rings. The number of anilines is 1. The molecule has 0 saturated heterocycles. The molecule has 0 fully saturated rings. The minimum Gasteiger partial charge on any atom is -0.398 e. The van der Waals surface area contributed by atoms with Crippen molar-refractivity contribution in [3.05, 3.63) is 64.4 Å². The van der Waals surface area contributed by atoms with Crippen molar-refractivity contribution in [1.29, 1.82) is 0 Å². The highest BCUT2D eigenvalue weighted by atomic mass is 79.9. The Bertz CT molecular complexity index is 919. The Labute approximate surface area is 139 Å². The highest BCUT2D eigenvalue weighted by Gasteiger charge is 2.30. The molecule has 0 radical (unpaired) electrons. The molecule has 0 amide bonds. The summed E-state index contributed by atoms with van der Waals surface area (Å²) in [5.41, 5.74) is 5.64. The maximum Gasteiger partial charge on any atom is 0.416 e. The van der Waals surface area contributed by atoms with Gasteiger partial charge in [0.25, 0.3) is 5.56 Å². The van der Waals surface area contributed by atoms with Crippen molar-refractivity contribution in [2.24, 2.45) is 0 Å². The molecule has 0 aliphatic carbocycles. The lowest BCUT2D eigenvalue weighted by Gasteiger charge is -2.10. The Morgan fingerprint density at radius 2 is 1.65 bits per heavy atom. The lowest BCUT2D eigenvalue weighted by Crippen LogP contribution is -2.09. The minimum atomic E-state index is -4.44. The zero-order valence-corrected chi connectivity index (χ0v) is 13.4. The van der Waals surface area contributed by atoms with Crippen molar-refractivity contribution >= 4 is 33.4 Å². The van der Waals surface area contributed by atoms with E-state index in [4.69, 9.17) is 5.73 Å². The predicted octanol–water partition coefficient (Wildman–Crippen LogP) is 4.37. The first kappa shape index (κ1) is 17.1. The van der Waals surface area contributed by atoms with Crippen LogP contribution in [0, 0.1) is 0 Å². The van der Waals surface area contributed by atoms with E-state index in [9.17, 15) is 18.0 Å². The van der Waals surface area contributed by atoms with Gasteiger partial charge in [-0.2, -0.15) is 13.2 Å². The molecule has 0 spiro atoms. The third-order valence-corrected chi connectivity index (χ3v) is 3.42. The number of benzene rings is 2. The monoisotopic (exact) mass is 384 g/mol.